The number of nitrogens with one attached hydrogen (secondary N) is 1. The van der Waals surface area contributed by atoms with Gasteiger partial charge < -0.3 is 9.88 Å². The largest absolute Gasteiger partial charge is 0.359 e. The number of amides is 3. The van der Waals surface area contributed by atoms with Crippen molar-refractivity contribution in [1.82, 2.24) is 14.8 Å². The average Bonchev–Trinajstić information content (AvgIpc) is 3.23. The summed E-state index contributed by atoms with van der Waals surface area (Å²) >= 11 is 0. The summed E-state index contributed by atoms with van der Waals surface area (Å²) in [7, 11) is 1.71. The van der Waals surface area contributed by atoms with Crippen LogP contribution in [0.2, 0.25) is 0 Å². The second-order valence-electron chi connectivity index (χ2n) is 8.01. The topological polar surface area (TPSA) is 73.5 Å². The quantitative estimate of drug-likeness (QED) is 0.675. The number of H-pyrrole nitrogens is 1. The Morgan fingerprint density at radius 3 is 2.56 bits per heavy atom. The summed E-state index contributed by atoms with van der Waals surface area (Å²) in [6.07, 6.45) is 7.48. The van der Waals surface area contributed by atoms with Gasteiger partial charge in [0.15, 0.2) is 5.78 Å². The number of carbonyl (C=O) groups is 3. The van der Waals surface area contributed by atoms with Gasteiger partial charge in [-0.3, -0.25) is 14.5 Å². The smallest absolute Gasteiger partial charge is 0.327 e. The Morgan fingerprint density at radius 2 is 2.00 bits per heavy atom. The van der Waals surface area contributed by atoms with Crippen molar-refractivity contribution in [2.75, 3.05) is 13.6 Å². The van der Waals surface area contributed by atoms with Crippen molar-refractivity contribution in [3.63, 3.8) is 0 Å². The number of ketones is 1. The van der Waals surface area contributed by atoms with Crippen LogP contribution >= 0.6 is 0 Å². The summed E-state index contributed by atoms with van der Waals surface area (Å²) in [5.41, 5.74) is -0.398. The monoisotopic (exact) mass is 343 g/mol. The minimum absolute atomic E-state index is 0.196. The molecule has 6 nitrogen and oxygen atoms in total. The van der Waals surface area contributed by atoms with Crippen LogP contribution in [-0.2, 0) is 4.79 Å². The minimum atomic E-state index is -0.823. The van der Waals surface area contributed by atoms with Crippen LogP contribution in [0.4, 0.5) is 4.79 Å². The molecule has 2 bridgehead atoms. The van der Waals surface area contributed by atoms with Crippen molar-refractivity contribution in [2.45, 2.75) is 44.6 Å². The lowest BCUT2D eigenvalue weighted by atomic mass is 9.59. The van der Waals surface area contributed by atoms with Gasteiger partial charge in [-0.1, -0.05) is 12.8 Å². The number of Topliss-reactive ketones (excluding diaryl/α,β-unsaturated/α-hetero) is 1. The van der Waals surface area contributed by atoms with Crippen LogP contribution in [0.3, 0.4) is 0 Å². The summed E-state index contributed by atoms with van der Waals surface area (Å²) in [4.78, 5) is 43.9. The summed E-state index contributed by atoms with van der Waals surface area (Å²) < 4.78 is 0. The van der Waals surface area contributed by atoms with Crippen molar-refractivity contribution in [3.05, 3.63) is 24.0 Å². The Balaban J connectivity index is 1.59. The van der Waals surface area contributed by atoms with E-state index in [2.05, 4.69) is 4.98 Å². The van der Waals surface area contributed by atoms with E-state index in [0.717, 1.165) is 24.2 Å². The number of imide groups is 1. The molecule has 1 aliphatic heterocycles. The predicted molar refractivity (Wildman–Crippen MR) is 92.0 cm³/mol. The van der Waals surface area contributed by atoms with Gasteiger partial charge in [0.05, 0.1) is 12.2 Å². The highest BCUT2D eigenvalue weighted by Crippen LogP contribution is 2.52. The van der Waals surface area contributed by atoms with Crippen LogP contribution < -0.4 is 0 Å². The van der Waals surface area contributed by atoms with Crippen LogP contribution in [0.25, 0.3) is 0 Å². The van der Waals surface area contributed by atoms with Gasteiger partial charge in [-0.2, -0.15) is 0 Å². The number of hydrogen-bond acceptors (Lipinski definition) is 3. The molecule has 3 saturated carbocycles. The molecule has 4 aliphatic rings. The molecular weight excluding hydrogens is 318 g/mol. The Bertz CT molecular complexity index is 706. The van der Waals surface area contributed by atoms with Crippen molar-refractivity contribution in [3.8, 4) is 0 Å². The van der Waals surface area contributed by atoms with Gasteiger partial charge in [0.2, 0.25) is 0 Å². The number of urea groups is 1. The van der Waals surface area contributed by atoms with E-state index in [-0.39, 0.29) is 30.2 Å². The predicted octanol–water partition coefficient (Wildman–Crippen LogP) is 2.68. The van der Waals surface area contributed by atoms with E-state index in [1.54, 1.807) is 30.3 Å². The summed E-state index contributed by atoms with van der Waals surface area (Å²) in [5.74, 6) is 0.935. The standard InChI is InChI=1S/C19H25N3O3/c1-19(14-10-12-5-7-13(14)8-6-12)17(24)22(18(25)21(19)2)11-16(23)15-4-3-9-20-15/h3-4,9,12-14,20H,5-8,10-11H2,1-2H3/t12?,13?,14-,19?/m0/s1. The number of nitrogens with zero attached hydrogens (tertiary/aromatic N) is 2. The first-order valence-electron chi connectivity index (χ1n) is 9.19. The van der Waals surface area contributed by atoms with Crippen molar-refractivity contribution in [2.24, 2.45) is 17.8 Å². The summed E-state index contributed by atoms with van der Waals surface area (Å²) in [5, 5.41) is 0. The highest BCUT2D eigenvalue weighted by atomic mass is 16.2. The second kappa shape index (κ2) is 5.71. The highest BCUT2D eigenvalue weighted by molar-refractivity contribution is 6.10. The van der Waals surface area contributed by atoms with Gasteiger partial charge in [0, 0.05) is 13.2 Å². The number of rotatable bonds is 4. The lowest BCUT2D eigenvalue weighted by Gasteiger charge is -2.49. The van der Waals surface area contributed by atoms with E-state index in [0.29, 0.717) is 17.5 Å². The van der Waals surface area contributed by atoms with Crippen molar-refractivity contribution < 1.29 is 14.4 Å². The van der Waals surface area contributed by atoms with Gasteiger partial charge in [-0.05, 0) is 56.1 Å². The molecule has 4 fully saturated rings. The Labute approximate surface area is 147 Å². The van der Waals surface area contributed by atoms with Gasteiger partial charge in [0.1, 0.15) is 5.54 Å². The van der Waals surface area contributed by atoms with Crippen molar-refractivity contribution >= 4 is 17.7 Å². The number of carbonyl (C=O) groups excluding carboxylic acids is 3. The molecule has 1 saturated heterocycles. The molecule has 3 amide bonds. The highest BCUT2D eigenvalue weighted by Gasteiger charge is 2.60. The molecule has 0 radical (unpaired) electrons. The van der Waals surface area contributed by atoms with Crippen LogP contribution in [0.5, 0.6) is 0 Å². The molecule has 134 valence electrons. The van der Waals surface area contributed by atoms with E-state index < -0.39 is 5.54 Å². The van der Waals surface area contributed by atoms with E-state index >= 15 is 0 Å². The lowest BCUT2D eigenvalue weighted by molar-refractivity contribution is -0.138. The van der Waals surface area contributed by atoms with E-state index in [1.165, 1.54) is 12.8 Å². The molecule has 1 unspecified atom stereocenters. The van der Waals surface area contributed by atoms with Crippen LogP contribution in [0.1, 0.15) is 49.5 Å². The molecule has 1 aromatic rings. The molecule has 6 heteroatoms. The average molecular weight is 343 g/mol. The SMILES string of the molecule is CN1C(=O)N(CC(=O)c2ccc[nH]2)C(=O)C1(C)[C@H]1CC2CCC1CC2. The normalized spacial score (nSPS) is 34.9. The maximum Gasteiger partial charge on any atom is 0.327 e. The van der Waals surface area contributed by atoms with Gasteiger partial charge in [0.25, 0.3) is 5.91 Å². The van der Waals surface area contributed by atoms with Crippen LogP contribution in [0, 0.1) is 17.8 Å². The third kappa shape index (κ3) is 2.34. The third-order valence-corrected chi connectivity index (χ3v) is 6.86. The van der Waals surface area contributed by atoms with E-state index in [4.69, 9.17) is 0 Å². The zero-order chi connectivity index (χ0) is 17.8. The fourth-order valence-electron chi connectivity index (χ4n) is 5.23. The molecule has 0 aromatic carbocycles. The second-order valence-corrected chi connectivity index (χ2v) is 8.01. The molecule has 2 heterocycles. The molecule has 2 atom stereocenters. The molecule has 1 aromatic heterocycles. The zero-order valence-electron chi connectivity index (χ0n) is 14.8. The number of aromatic amines is 1. The molecule has 0 spiro atoms. The number of aromatic nitrogens is 1. The van der Waals surface area contributed by atoms with E-state index in [1.807, 2.05) is 6.92 Å². The first-order valence-corrected chi connectivity index (χ1v) is 9.19. The first-order chi connectivity index (χ1) is 11.9. The fourth-order valence-corrected chi connectivity index (χ4v) is 5.23. The van der Waals surface area contributed by atoms with Gasteiger partial charge in [-0.15, -0.1) is 0 Å². The van der Waals surface area contributed by atoms with Crippen LogP contribution in [-0.4, -0.2) is 51.6 Å². The first kappa shape index (κ1) is 16.4. The maximum atomic E-state index is 13.2. The fraction of sp³-hybridized carbons (Fsp3) is 0.632. The molecule has 3 aliphatic carbocycles. The Morgan fingerprint density at radius 1 is 1.28 bits per heavy atom. The molecule has 5 rings (SSSR count). The Hall–Kier alpha value is -2.11. The molecule has 25 heavy (non-hydrogen) atoms. The third-order valence-electron chi connectivity index (χ3n) is 6.86. The van der Waals surface area contributed by atoms with E-state index in [9.17, 15) is 14.4 Å². The molecule has 1 N–H and O–H groups in total. The number of likely N-dealkylation sites (N-methyl/N-ethyl adjacent to an activating group) is 1. The molecular formula is C19H25N3O3. The number of hydrogen-bond donors (Lipinski definition) is 1. The van der Waals surface area contributed by atoms with Gasteiger partial charge >= 0.3 is 6.03 Å². The lowest BCUT2D eigenvalue weighted by Crippen LogP contribution is -2.56. The summed E-state index contributed by atoms with van der Waals surface area (Å²) in [6, 6.07) is 3.04. The minimum Gasteiger partial charge on any atom is -0.359 e. The van der Waals surface area contributed by atoms with Crippen LogP contribution in [0.15, 0.2) is 18.3 Å². The zero-order valence-corrected chi connectivity index (χ0v) is 14.8. The van der Waals surface area contributed by atoms with Crippen molar-refractivity contribution in [1.29, 1.82) is 0 Å². The maximum absolute atomic E-state index is 13.2. The van der Waals surface area contributed by atoms with Gasteiger partial charge in [-0.25, -0.2) is 4.79 Å². The Kier molecular flexibility index (Phi) is 3.74. The summed E-state index contributed by atoms with van der Waals surface area (Å²) in [6.45, 7) is 1.71. The number of fused-ring (bicyclic) bond motifs is 3.